The van der Waals surface area contributed by atoms with E-state index in [1.165, 1.54) is 12.1 Å². The Labute approximate surface area is 355 Å². The zero-order chi connectivity index (χ0) is 44.4. The van der Waals surface area contributed by atoms with Crippen molar-refractivity contribution in [3.63, 3.8) is 0 Å². The summed E-state index contributed by atoms with van der Waals surface area (Å²) < 4.78 is 97.5. The van der Waals surface area contributed by atoms with Gasteiger partial charge in [0.15, 0.2) is 6.54 Å². The van der Waals surface area contributed by atoms with Crippen LogP contribution in [0.25, 0.3) is 21.8 Å². The Morgan fingerprint density at radius 2 is 1.13 bits per heavy atom. The number of aromatic carboxylic acids is 1. The van der Waals surface area contributed by atoms with Crippen molar-refractivity contribution >= 4 is 43.9 Å². The van der Waals surface area contributed by atoms with E-state index in [2.05, 4.69) is 0 Å². The Balaban J connectivity index is 1.94. The van der Waals surface area contributed by atoms with E-state index in [1.54, 1.807) is 78.7 Å². The van der Waals surface area contributed by atoms with Crippen molar-refractivity contribution in [2.75, 3.05) is 100 Å². The van der Waals surface area contributed by atoms with E-state index in [0.717, 1.165) is 0 Å². The van der Waals surface area contributed by atoms with Crippen LogP contribution < -0.4 is 18.8 Å². The fourth-order valence-corrected chi connectivity index (χ4v) is 6.77. The first-order valence-electron chi connectivity index (χ1n) is 19.4. The average molecular weight is 879 g/mol. The smallest absolute Gasteiger partial charge is 0.345 e. The maximum absolute atomic E-state index is 14.8. The van der Waals surface area contributed by atoms with Gasteiger partial charge in [0.1, 0.15) is 30.5 Å². The molecule has 2 unspecified atom stereocenters. The van der Waals surface area contributed by atoms with Gasteiger partial charge in [-0.25, -0.2) is 9.59 Å². The number of carbonyl (C=O) groups excluding carboxylic acids is 1. The van der Waals surface area contributed by atoms with Gasteiger partial charge in [-0.05, 0) is 61.4 Å². The Bertz CT molecular complexity index is 2050. The molecule has 1 heterocycles. The lowest BCUT2D eigenvalue weighted by molar-refractivity contribution is -0.645. The van der Waals surface area contributed by atoms with Gasteiger partial charge in [0, 0.05) is 47.0 Å². The number of hydrogen-bond donors (Lipinski definition) is 2. The summed E-state index contributed by atoms with van der Waals surface area (Å²) in [6, 6.07) is 12.9. The lowest BCUT2D eigenvalue weighted by atomic mass is 10.0. The van der Waals surface area contributed by atoms with Crippen LogP contribution >= 0.6 is 0 Å². The molecule has 0 aliphatic rings. The largest absolute Gasteiger partial charge is 0.478 e. The van der Waals surface area contributed by atoms with Crippen LogP contribution in [-0.4, -0.2) is 143 Å². The highest BCUT2D eigenvalue weighted by Gasteiger charge is 2.29. The predicted octanol–water partition coefficient (Wildman–Crippen LogP) is 4.15. The Morgan fingerprint density at radius 3 is 1.56 bits per heavy atom. The predicted molar refractivity (Wildman–Crippen MR) is 220 cm³/mol. The number of hydrogen-bond acceptors (Lipinski definition) is 15. The molecule has 4 aromatic rings. The number of pyridine rings is 1. The minimum Gasteiger partial charge on any atom is -0.478 e. The van der Waals surface area contributed by atoms with E-state index in [9.17, 15) is 27.7 Å². The van der Waals surface area contributed by atoms with Gasteiger partial charge >= 0.3 is 11.9 Å². The summed E-state index contributed by atoms with van der Waals surface area (Å²) in [6.45, 7) is 5.65. The lowest BCUT2D eigenvalue weighted by Gasteiger charge is -2.21. The molecule has 0 radical (unpaired) electrons. The number of fused-ring (bicyclic) bond motifs is 2. The lowest BCUT2D eigenvalue weighted by Crippen LogP contribution is -2.37. The van der Waals surface area contributed by atoms with Crippen LogP contribution in [0, 0.1) is 13.8 Å². The molecule has 3 aromatic carbocycles. The Kier molecular flexibility index (Phi) is 20.0. The summed E-state index contributed by atoms with van der Waals surface area (Å²) in [4.78, 5) is 26.6. The summed E-state index contributed by atoms with van der Waals surface area (Å²) in [6.07, 6.45) is -1.78. The Hall–Kier alpha value is -4.54. The molecule has 0 saturated heterocycles. The quantitative estimate of drug-likeness (QED) is 0.0149. The first-order chi connectivity index (χ1) is 29.3. The van der Waals surface area contributed by atoms with E-state index >= 15 is 0 Å². The summed E-state index contributed by atoms with van der Waals surface area (Å²) in [5, 5.41) is 10.3. The molecule has 19 heteroatoms. The number of aromatic nitrogens is 1. The van der Waals surface area contributed by atoms with Crippen molar-refractivity contribution in [3.8, 4) is 17.2 Å². The molecule has 0 spiro atoms. The number of carboxylic acids is 1. The third-order valence-electron chi connectivity index (χ3n) is 9.04. The molecule has 1 aromatic heterocycles. The number of methoxy groups -OCH3 is 4. The van der Waals surface area contributed by atoms with E-state index < -0.39 is 40.4 Å². The molecule has 0 bridgehead atoms. The van der Waals surface area contributed by atoms with E-state index in [4.69, 9.17) is 52.1 Å². The normalized spacial score (nSPS) is 12.8. The fourth-order valence-electron chi connectivity index (χ4n) is 6.27. The van der Waals surface area contributed by atoms with Crippen LogP contribution in [0.4, 0.5) is 0 Å². The molecule has 0 amide bonds. The minimum atomic E-state index is -4.31. The third kappa shape index (κ3) is 15.1. The highest BCUT2D eigenvalue weighted by Crippen LogP contribution is 2.34. The van der Waals surface area contributed by atoms with E-state index in [-0.39, 0.29) is 94.2 Å². The molecule has 0 aliphatic carbocycles. The summed E-state index contributed by atoms with van der Waals surface area (Å²) in [5.74, 6) is -1.71. The number of rotatable bonds is 29. The number of aryl methyl sites for hydroxylation is 3. The van der Waals surface area contributed by atoms with Crippen molar-refractivity contribution in [2.45, 2.75) is 39.4 Å². The number of carbonyl (C=O) groups is 2. The molecule has 2 N–H and O–H groups in total. The molecule has 4 rings (SSSR count). The second kappa shape index (κ2) is 24.8. The number of carboxylic acid groups (broad SMARTS) is 1. The molecular formula is C42H56NO17S+. The van der Waals surface area contributed by atoms with Crippen LogP contribution in [0.15, 0.2) is 48.5 Å². The number of ether oxygens (including phenoxy) is 11. The highest BCUT2D eigenvalue weighted by molar-refractivity contribution is 7.85. The number of benzene rings is 3. The second-order valence-electron chi connectivity index (χ2n) is 13.6. The zero-order valence-corrected chi connectivity index (χ0v) is 36.2. The van der Waals surface area contributed by atoms with Crippen molar-refractivity contribution < 1.29 is 84.3 Å². The average Bonchev–Trinajstić information content (AvgIpc) is 3.21. The van der Waals surface area contributed by atoms with Crippen LogP contribution in [0.3, 0.4) is 0 Å². The second-order valence-corrected chi connectivity index (χ2v) is 15.2. The molecule has 61 heavy (non-hydrogen) atoms. The van der Waals surface area contributed by atoms with Crippen molar-refractivity contribution in [2.24, 2.45) is 0 Å². The van der Waals surface area contributed by atoms with Crippen molar-refractivity contribution in [1.29, 1.82) is 0 Å². The molecule has 18 nitrogen and oxygen atoms in total. The molecule has 0 saturated carbocycles. The fraction of sp³-hybridized carbons (Fsp3) is 0.500. The monoisotopic (exact) mass is 878 g/mol. The molecule has 336 valence electrons. The van der Waals surface area contributed by atoms with Crippen LogP contribution in [0.1, 0.15) is 38.3 Å². The van der Waals surface area contributed by atoms with Gasteiger partial charge < -0.3 is 57.2 Å². The van der Waals surface area contributed by atoms with Gasteiger partial charge in [-0.3, -0.25) is 4.55 Å². The van der Waals surface area contributed by atoms with E-state index in [1.807, 2.05) is 4.57 Å². The van der Waals surface area contributed by atoms with Gasteiger partial charge in [0.25, 0.3) is 10.1 Å². The first-order valence-corrected chi connectivity index (χ1v) is 21.0. The number of nitrogens with zero attached hydrogens (tertiary/aromatic N) is 1. The first kappa shape index (κ1) is 49.1. The van der Waals surface area contributed by atoms with Gasteiger partial charge in [0.05, 0.1) is 80.5 Å². The molecular weight excluding hydrogens is 823 g/mol. The molecule has 0 aliphatic heterocycles. The van der Waals surface area contributed by atoms with Crippen LogP contribution in [0.2, 0.25) is 0 Å². The van der Waals surface area contributed by atoms with Crippen molar-refractivity contribution in [1.82, 2.24) is 0 Å². The topological polar surface area (TPSA) is 214 Å². The summed E-state index contributed by atoms with van der Waals surface area (Å²) in [7, 11) is 1.89. The summed E-state index contributed by atoms with van der Waals surface area (Å²) >= 11 is 0. The standard InChI is InChI=1S/C42H55NO17S/c1-28-22-30(41(44)45)23-29(2)40(28)60-42(46)39-33-24-31(58-37(56-19-15-52-5)26-54-17-13-50-3)8-10-35(33)43(12-7-21-61(47,48)49)36-11-9-32(25-34(36)39)59-38(57-20-16-53-6)27-55-18-14-51-4/h8-11,22-25,37-38H,7,12-21,26-27H2,1-6H3,(H-,44,45,47,48,49)/p+1. The Morgan fingerprint density at radius 1 is 0.672 bits per heavy atom. The zero-order valence-electron chi connectivity index (χ0n) is 35.3. The molecule has 2 atom stereocenters. The van der Waals surface area contributed by atoms with Gasteiger partial charge in [-0.2, -0.15) is 13.0 Å². The third-order valence-corrected chi connectivity index (χ3v) is 9.84. The van der Waals surface area contributed by atoms with Gasteiger partial charge in [0.2, 0.25) is 23.6 Å². The maximum Gasteiger partial charge on any atom is 0.345 e. The SMILES string of the molecule is COCCOCC(OCCOC)Oc1ccc2c(c1)c(C(=O)Oc1c(C)cc(C(=O)O)cc1C)c1cc(OC(COCCOC)OCCOC)ccc1[n+]2CCCS(=O)(=O)O. The van der Waals surface area contributed by atoms with E-state index in [0.29, 0.717) is 46.1 Å². The maximum atomic E-state index is 14.8. The molecule has 0 fully saturated rings. The van der Waals surface area contributed by atoms with Gasteiger partial charge in [-0.15, -0.1) is 0 Å². The minimum absolute atomic E-state index is 0.0186. The van der Waals surface area contributed by atoms with Crippen LogP contribution in [-0.2, 0) is 54.6 Å². The van der Waals surface area contributed by atoms with Gasteiger partial charge in [-0.1, -0.05) is 0 Å². The van der Waals surface area contributed by atoms with Crippen LogP contribution in [0.5, 0.6) is 17.2 Å². The summed E-state index contributed by atoms with van der Waals surface area (Å²) in [5.41, 5.74) is 1.92. The van der Waals surface area contributed by atoms with Crippen molar-refractivity contribution in [3.05, 3.63) is 70.8 Å². The number of esters is 1. The highest BCUT2D eigenvalue weighted by atomic mass is 32.2.